The zero-order chi connectivity index (χ0) is 22.8. The number of hydrogen-bond donors (Lipinski definition) is 0. The summed E-state index contributed by atoms with van der Waals surface area (Å²) < 4.78 is 0. The van der Waals surface area contributed by atoms with Crippen LogP contribution in [0.5, 0.6) is 0 Å². The quantitative estimate of drug-likeness (QED) is 0.153. The minimum Gasteiger partial charge on any atom is -0.103 e. The molecule has 0 N–H and O–H groups in total. The largest absolute Gasteiger partial charge is 0.103 e. The molecule has 0 bridgehead atoms. The van der Waals surface area contributed by atoms with Gasteiger partial charge in [-0.25, -0.2) is 0 Å². The standard InChI is InChI=1S/C30H58/c1-25(2)15-11-19-29(7)23-13-21-27(5)17-9-10-18-28(6)22-14-24-30(8)20-12-16-26(3)4/h25-30H,9-11,13-15,17-24H2,1-8H3. The first-order valence-electron chi connectivity index (χ1n) is 13.7. The van der Waals surface area contributed by atoms with Gasteiger partial charge in [-0.3, -0.25) is 0 Å². The van der Waals surface area contributed by atoms with E-state index in [9.17, 15) is 0 Å². The summed E-state index contributed by atoms with van der Waals surface area (Å²) in [7, 11) is 0. The summed E-state index contributed by atoms with van der Waals surface area (Å²) in [6, 6.07) is 0. The summed E-state index contributed by atoms with van der Waals surface area (Å²) >= 11 is 0. The van der Waals surface area contributed by atoms with E-state index >= 15 is 0 Å². The van der Waals surface area contributed by atoms with Crippen LogP contribution in [0.3, 0.4) is 0 Å². The van der Waals surface area contributed by atoms with Gasteiger partial charge in [-0.05, 0) is 36.0 Å². The minimum atomic E-state index is 0.517. The van der Waals surface area contributed by atoms with E-state index in [1.54, 1.807) is 0 Å². The SMILES string of the molecule is CC(C)C#CCC(C)CCCC(C)CCCCC(C)CCCC(C)CCCC(C)C. The zero-order valence-electron chi connectivity index (χ0n) is 22.4. The molecule has 0 heterocycles. The predicted molar refractivity (Wildman–Crippen MR) is 139 cm³/mol. The molecule has 0 fully saturated rings. The third kappa shape index (κ3) is 20.8. The topological polar surface area (TPSA) is 0 Å². The number of hydrogen-bond acceptors (Lipinski definition) is 0. The zero-order valence-corrected chi connectivity index (χ0v) is 22.4. The van der Waals surface area contributed by atoms with Crippen molar-refractivity contribution >= 4 is 0 Å². The molecule has 178 valence electrons. The van der Waals surface area contributed by atoms with E-state index in [4.69, 9.17) is 0 Å². The van der Waals surface area contributed by atoms with Crippen LogP contribution in [0.25, 0.3) is 0 Å². The smallest absolute Gasteiger partial charge is 0.0146 e. The first-order valence-corrected chi connectivity index (χ1v) is 13.7. The van der Waals surface area contributed by atoms with Gasteiger partial charge >= 0.3 is 0 Å². The first kappa shape index (κ1) is 29.6. The van der Waals surface area contributed by atoms with Crippen LogP contribution in [0, 0.1) is 47.3 Å². The van der Waals surface area contributed by atoms with Crippen molar-refractivity contribution in [3.63, 3.8) is 0 Å². The second kappa shape index (κ2) is 19.3. The average Bonchev–Trinajstić information content (AvgIpc) is 2.64. The predicted octanol–water partition coefficient (Wildman–Crippen LogP) is 10.3. The Bertz CT molecular complexity index is 421. The Hall–Kier alpha value is -0.440. The molecule has 0 spiro atoms. The lowest BCUT2D eigenvalue weighted by molar-refractivity contribution is 0.374. The second-order valence-corrected chi connectivity index (χ2v) is 11.6. The van der Waals surface area contributed by atoms with Gasteiger partial charge in [0.25, 0.3) is 0 Å². The molecule has 0 rings (SSSR count). The van der Waals surface area contributed by atoms with Gasteiger partial charge in [-0.1, -0.05) is 132 Å². The fourth-order valence-electron chi connectivity index (χ4n) is 4.46. The summed E-state index contributed by atoms with van der Waals surface area (Å²) in [4.78, 5) is 0. The summed E-state index contributed by atoms with van der Waals surface area (Å²) in [6.45, 7) is 18.8. The first-order chi connectivity index (χ1) is 14.2. The van der Waals surface area contributed by atoms with Gasteiger partial charge in [0.15, 0.2) is 0 Å². The molecule has 0 aromatic carbocycles. The van der Waals surface area contributed by atoms with Crippen LogP contribution in [-0.4, -0.2) is 0 Å². The lowest BCUT2D eigenvalue weighted by Crippen LogP contribution is -2.01. The third-order valence-electron chi connectivity index (χ3n) is 6.75. The van der Waals surface area contributed by atoms with Crippen molar-refractivity contribution in [3.8, 4) is 11.8 Å². The minimum absolute atomic E-state index is 0.517. The fraction of sp³-hybridized carbons (Fsp3) is 0.933. The summed E-state index contributed by atoms with van der Waals surface area (Å²) in [5.74, 6) is 11.6. The monoisotopic (exact) mass is 418 g/mol. The van der Waals surface area contributed by atoms with Crippen LogP contribution in [0.4, 0.5) is 0 Å². The molecule has 0 heteroatoms. The van der Waals surface area contributed by atoms with Crippen molar-refractivity contribution in [3.05, 3.63) is 0 Å². The van der Waals surface area contributed by atoms with Gasteiger partial charge in [0.1, 0.15) is 0 Å². The van der Waals surface area contributed by atoms with E-state index in [1.165, 1.54) is 83.5 Å². The van der Waals surface area contributed by atoms with Crippen molar-refractivity contribution in [1.29, 1.82) is 0 Å². The Balaban J connectivity index is 3.59. The van der Waals surface area contributed by atoms with Crippen LogP contribution in [0.2, 0.25) is 0 Å². The van der Waals surface area contributed by atoms with Crippen molar-refractivity contribution in [2.75, 3.05) is 0 Å². The fourth-order valence-corrected chi connectivity index (χ4v) is 4.46. The molecule has 0 saturated heterocycles. The molecule has 0 aromatic rings. The summed E-state index contributed by atoms with van der Waals surface area (Å²) in [5.41, 5.74) is 0. The number of rotatable bonds is 18. The molecule has 4 unspecified atom stereocenters. The summed E-state index contributed by atoms with van der Waals surface area (Å²) in [5, 5.41) is 0. The van der Waals surface area contributed by atoms with E-state index in [0.29, 0.717) is 5.92 Å². The molecule has 0 amide bonds. The molecule has 0 aliphatic carbocycles. The van der Waals surface area contributed by atoms with Crippen LogP contribution >= 0.6 is 0 Å². The molecule has 0 aliphatic heterocycles. The third-order valence-corrected chi connectivity index (χ3v) is 6.75. The highest BCUT2D eigenvalue weighted by Crippen LogP contribution is 2.23. The lowest BCUT2D eigenvalue weighted by Gasteiger charge is -2.16. The van der Waals surface area contributed by atoms with Crippen molar-refractivity contribution in [2.45, 2.75) is 145 Å². The van der Waals surface area contributed by atoms with Crippen molar-refractivity contribution < 1.29 is 0 Å². The van der Waals surface area contributed by atoms with Gasteiger partial charge in [0.2, 0.25) is 0 Å². The highest BCUT2D eigenvalue weighted by Gasteiger charge is 2.08. The normalized spacial score (nSPS) is 15.7. The van der Waals surface area contributed by atoms with Gasteiger partial charge in [-0.2, -0.15) is 0 Å². The van der Waals surface area contributed by atoms with E-state index in [0.717, 1.165) is 36.0 Å². The van der Waals surface area contributed by atoms with Crippen LogP contribution in [-0.2, 0) is 0 Å². The molecule has 0 radical (unpaired) electrons. The molecule has 0 nitrogen and oxygen atoms in total. The Labute approximate surface area is 192 Å². The van der Waals surface area contributed by atoms with E-state index < -0.39 is 0 Å². The van der Waals surface area contributed by atoms with E-state index in [-0.39, 0.29) is 0 Å². The van der Waals surface area contributed by atoms with Crippen LogP contribution in [0.15, 0.2) is 0 Å². The second-order valence-electron chi connectivity index (χ2n) is 11.6. The lowest BCUT2D eigenvalue weighted by atomic mass is 9.90. The molecule has 0 aromatic heterocycles. The maximum absolute atomic E-state index is 3.36. The maximum atomic E-state index is 3.36. The Kier molecular flexibility index (Phi) is 19.0. The van der Waals surface area contributed by atoms with Gasteiger partial charge in [-0.15, -0.1) is 11.8 Å². The van der Waals surface area contributed by atoms with Gasteiger partial charge in [0.05, 0.1) is 0 Å². The molecule has 4 atom stereocenters. The maximum Gasteiger partial charge on any atom is 0.0146 e. The van der Waals surface area contributed by atoms with Crippen molar-refractivity contribution in [1.82, 2.24) is 0 Å². The molecular weight excluding hydrogens is 360 g/mol. The Morgan fingerprint density at radius 2 is 0.800 bits per heavy atom. The Morgan fingerprint density at radius 3 is 1.20 bits per heavy atom. The molecule has 0 saturated carbocycles. The van der Waals surface area contributed by atoms with Crippen LogP contribution in [0.1, 0.15) is 145 Å². The molecule has 0 aliphatic rings. The molecule has 30 heavy (non-hydrogen) atoms. The summed E-state index contributed by atoms with van der Waals surface area (Å²) in [6.07, 6.45) is 19.6. The van der Waals surface area contributed by atoms with E-state index in [1.807, 2.05) is 0 Å². The van der Waals surface area contributed by atoms with Gasteiger partial charge < -0.3 is 0 Å². The highest BCUT2D eigenvalue weighted by molar-refractivity contribution is 5.01. The highest BCUT2D eigenvalue weighted by atomic mass is 14.1. The molecular formula is C30H58. The van der Waals surface area contributed by atoms with Gasteiger partial charge in [0, 0.05) is 12.3 Å². The van der Waals surface area contributed by atoms with Crippen molar-refractivity contribution in [2.24, 2.45) is 35.5 Å². The number of unbranched alkanes of at least 4 members (excludes halogenated alkanes) is 1. The van der Waals surface area contributed by atoms with Crippen LogP contribution < -0.4 is 0 Å². The average molecular weight is 419 g/mol. The van der Waals surface area contributed by atoms with E-state index in [2.05, 4.69) is 67.2 Å². The Morgan fingerprint density at radius 1 is 0.433 bits per heavy atom.